The molecule has 0 radical (unpaired) electrons. The van der Waals surface area contributed by atoms with Gasteiger partial charge in [-0.25, -0.2) is 14.0 Å². The molecule has 0 heterocycles. The van der Waals surface area contributed by atoms with Crippen LogP contribution in [0.15, 0.2) is 18.2 Å². The number of hydrogen-bond acceptors (Lipinski definition) is 2. The van der Waals surface area contributed by atoms with E-state index in [1.165, 1.54) is 6.07 Å². The molecular weight excluding hydrogens is 263 g/mol. The summed E-state index contributed by atoms with van der Waals surface area (Å²) in [6.07, 6.45) is 0.250. The highest BCUT2D eigenvalue weighted by Gasteiger charge is 2.17. The monoisotopic (exact) mass is 274 g/mol. The zero-order valence-electron chi connectivity index (χ0n) is 9.54. The number of carbonyl (C=O) groups excluding carboxylic acids is 1. The number of aliphatic carboxylic acids is 1. The molecule has 1 aromatic rings. The Balaban J connectivity index is 2.67. The molecule has 1 atom stereocenters. The lowest BCUT2D eigenvalue weighted by molar-refractivity contribution is -0.139. The molecule has 0 aliphatic rings. The molecule has 1 aromatic carbocycles. The van der Waals surface area contributed by atoms with Gasteiger partial charge in [0.15, 0.2) is 0 Å². The number of anilines is 1. The molecule has 0 fully saturated rings. The number of nitrogens with one attached hydrogen (secondary N) is 2. The van der Waals surface area contributed by atoms with Crippen molar-refractivity contribution in [3.63, 3.8) is 0 Å². The minimum atomic E-state index is -1.13. The molecule has 0 unspecified atom stereocenters. The molecule has 0 aromatic heterocycles. The van der Waals surface area contributed by atoms with Gasteiger partial charge in [0, 0.05) is 0 Å². The number of halogens is 2. The van der Waals surface area contributed by atoms with Crippen LogP contribution >= 0.6 is 11.6 Å². The van der Waals surface area contributed by atoms with Gasteiger partial charge in [-0.05, 0) is 24.6 Å². The summed E-state index contributed by atoms with van der Waals surface area (Å²) in [5.41, 5.74) is 0.204. The Morgan fingerprint density at radius 1 is 1.50 bits per heavy atom. The second-order valence-corrected chi connectivity index (χ2v) is 3.93. The van der Waals surface area contributed by atoms with Gasteiger partial charge in [-0.1, -0.05) is 18.5 Å². The Morgan fingerprint density at radius 2 is 2.17 bits per heavy atom. The van der Waals surface area contributed by atoms with Crippen LogP contribution in [0.2, 0.25) is 5.02 Å². The van der Waals surface area contributed by atoms with Crippen molar-refractivity contribution in [2.24, 2.45) is 0 Å². The van der Waals surface area contributed by atoms with Crippen molar-refractivity contribution < 1.29 is 19.1 Å². The fourth-order valence-electron chi connectivity index (χ4n) is 1.25. The number of urea groups is 1. The van der Waals surface area contributed by atoms with Gasteiger partial charge in [0.05, 0.1) is 10.7 Å². The fraction of sp³-hybridized carbons (Fsp3) is 0.273. The second kappa shape index (κ2) is 6.20. The standard InChI is InChI=1S/C11H12ClFN2O3/c1-2-8(10(16)17)14-11(18)15-9-4-3-6(13)5-7(9)12/h3-5,8H,2H2,1H3,(H,16,17)(H2,14,15,18)/t8-/m1/s1. The number of carbonyl (C=O) groups is 2. The average Bonchev–Trinajstić information content (AvgIpc) is 2.29. The molecule has 0 spiro atoms. The molecule has 0 aliphatic carbocycles. The van der Waals surface area contributed by atoms with Crippen LogP contribution in [0.1, 0.15) is 13.3 Å². The first-order valence-electron chi connectivity index (χ1n) is 5.19. The van der Waals surface area contributed by atoms with E-state index in [4.69, 9.17) is 16.7 Å². The summed E-state index contributed by atoms with van der Waals surface area (Å²) in [5, 5.41) is 13.4. The van der Waals surface area contributed by atoms with Gasteiger partial charge in [0.2, 0.25) is 0 Å². The Bertz CT molecular complexity index is 468. The number of carboxylic acids is 1. The zero-order valence-corrected chi connectivity index (χ0v) is 10.3. The highest BCUT2D eigenvalue weighted by molar-refractivity contribution is 6.33. The van der Waals surface area contributed by atoms with Crippen LogP contribution in [0.3, 0.4) is 0 Å². The van der Waals surface area contributed by atoms with Crippen molar-refractivity contribution in [1.82, 2.24) is 5.32 Å². The lowest BCUT2D eigenvalue weighted by Crippen LogP contribution is -2.42. The third-order valence-corrected chi connectivity index (χ3v) is 2.50. The van der Waals surface area contributed by atoms with Gasteiger partial charge in [0.25, 0.3) is 0 Å². The maximum Gasteiger partial charge on any atom is 0.326 e. The summed E-state index contributed by atoms with van der Waals surface area (Å²) < 4.78 is 12.8. The van der Waals surface area contributed by atoms with Crippen molar-refractivity contribution >= 4 is 29.3 Å². The third kappa shape index (κ3) is 3.89. The highest BCUT2D eigenvalue weighted by atomic mass is 35.5. The molecular formula is C11H12ClFN2O3. The minimum absolute atomic E-state index is 0.0357. The van der Waals surface area contributed by atoms with E-state index >= 15 is 0 Å². The van der Waals surface area contributed by atoms with Gasteiger partial charge in [-0.2, -0.15) is 0 Å². The first-order chi connectivity index (χ1) is 8.43. The number of amides is 2. The van der Waals surface area contributed by atoms with Gasteiger partial charge < -0.3 is 15.7 Å². The fourth-order valence-corrected chi connectivity index (χ4v) is 1.46. The maximum atomic E-state index is 12.8. The van der Waals surface area contributed by atoms with Gasteiger partial charge in [0.1, 0.15) is 11.9 Å². The third-order valence-electron chi connectivity index (χ3n) is 2.19. The van der Waals surface area contributed by atoms with Gasteiger partial charge in [-0.15, -0.1) is 0 Å². The normalized spacial score (nSPS) is 11.7. The van der Waals surface area contributed by atoms with Crippen LogP contribution < -0.4 is 10.6 Å². The van der Waals surface area contributed by atoms with Gasteiger partial charge in [-0.3, -0.25) is 0 Å². The van der Waals surface area contributed by atoms with Crippen LogP contribution in [0.25, 0.3) is 0 Å². The average molecular weight is 275 g/mol. The molecule has 18 heavy (non-hydrogen) atoms. The van der Waals surface area contributed by atoms with Crippen molar-refractivity contribution in [1.29, 1.82) is 0 Å². The van der Waals surface area contributed by atoms with Gasteiger partial charge >= 0.3 is 12.0 Å². The molecule has 5 nitrogen and oxygen atoms in total. The Labute approximate surface area is 108 Å². The van der Waals surface area contributed by atoms with Crippen LogP contribution in [-0.4, -0.2) is 23.1 Å². The summed E-state index contributed by atoms with van der Waals surface area (Å²) in [7, 11) is 0. The number of rotatable bonds is 4. The SMILES string of the molecule is CC[C@@H](NC(=O)Nc1ccc(F)cc1Cl)C(=O)O. The Kier molecular flexibility index (Phi) is 4.91. The number of benzene rings is 1. The van der Waals surface area contributed by atoms with E-state index in [2.05, 4.69) is 10.6 Å². The molecule has 3 N–H and O–H groups in total. The summed E-state index contributed by atoms with van der Waals surface area (Å²) in [6.45, 7) is 1.63. The second-order valence-electron chi connectivity index (χ2n) is 3.52. The van der Waals surface area contributed by atoms with Crippen molar-refractivity contribution in [3.8, 4) is 0 Å². The van der Waals surface area contributed by atoms with E-state index in [1.807, 2.05) is 0 Å². The molecule has 0 saturated carbocycles. The molecule has 1 rings (SSSR count). The van der Waals surface area contributed by atoms with E-state index in [9.17, 15) is 14.0 Å². The van der Waals surface area contributed by atoms with E-state index in [0.29, 0.717) is 0 Å². The minimum Gasteiger partial charge on any atom is -0.480 e. The molecule has 0 aliphatic heterocycles. The Morgan fingerprint density at radius 3 is 2.67 bits per heavy atom. The molecule has 0 bridgehead atoms. The van der Waals surface area contributed by atoms with E-state index in [0.717, 1.165) is 12.1 Å². The summed E-state index contributed by atoms with van der Waals surface area (Å²) >= 11 is 5.71. The molecule has 0 saturated heterocycles. The summed E-state index contributed by atoms with van der Waals surface area (Å²) in [6, 6.07) is 1.78. The van der Waals surface area contributed by atoms with E-state index in [1.54, 1.807) is 6.92 Å². The topological polar surface area (TPSA) is 78.4 Å². The summed E-state index contributed by atoms with van der Waals surface area (Å²) in [5.74, 6) is -1.65. The first kappa shape index (κ1) is 14.2. The van der Waals surface area contributed by atoms with Crippen LogP contribution in [-0.2, 0) is 4.79 Å². The summed E-state index contributed by atoms with van der Waals surface area (Å²) in [4.78, 5) is 22.2. The Hall–Kier alpha value is -1.82. The molecule has 98 valence electrons. The van der Waals surface area contributed by atoms with Crippen LogP contribution in [0.5, 0.6) is 0 Å². The highest BCUT2D eigenvalue weighted by Crippen LogP contribution is 2.22. The maximum absolute atomic E-state index is 12.8. The van der Waals surface area contributed by atoms with Crippen molar-refractivity contribution in [2.75, 3.05) is 5.32 Å². The van der Waals surface area contributed by atoms with Crippen molar-refractivity contribution in [2.45, 2.75) is 19.4 Å². The lowest BCUT2D eigenvalue weighted by Gasteiger charge is -2.13. The molecule has 2 amide bonds. The largest absolute Gasteiger partial charge is 0.480 e. The predicted octanol–water partition coefficient (Wildman–Crippen LogP) is 2.46. The number of carboxylic acid groups (broad SMARTS) is 1. The van der Waals surface area contributed by atoms with Crippen LogP contribution in [0.4, 0.5) is 14.9 Å². The first-order valence-corrected chi connectivity index (χ1v) is 5.57. The quantitative estimate of drug-likeness (QED) is 0.789. The van der Waals surface area contributed by atoms with Crippen molar-refractivity contribution in [3.05, 3.63) is 29.0 Å². The van der Waals surface area contributed by atoms with E-state index < -0.39 is 23.9 Å². The predicted molar refractivity (Wildman–Crippen MR) is 65.3 cm³/mol. The number of hydrogen-bond donors (Lipinski definition) is 3. The lowest BCUT2D eigenvalue weighted by atomic mass is 10.2. The molecule has 7 heteroatoms. The van der Waals surface area contributed by atoms with Crippen LogP contribution in [0, 0.1) is 5.82 Å². The smallest absolute Gasteiger partial charge is 0.326 e. The zero-order chi connectivity index (χ0) is 13.7. The van der Waals surface area contributed by atoms with E-state index in [-0.39, 0.29) is 17.1 Å².